The Morgan fingerprint density at radius 2 is 1.19 bits per heavy atom. The molecule has 0 aromatic heterocycles. The fourth-order valence-corrected chi connectivity index (χ4v) is 4.78. The molecule has 0 radical (unpaired) electrons. The molecule has 0 N–H and O–H groups in total. The Labute approximate surface area is 212 Å². The van der Waals surface area contributed by atoms with Crippen LogP contribution in [0, 0.1) is 0 Å². The molecule has 0 aliphatic carbocycles. The quantitative estimate of drug-likeness (QED) is 0.121. The molecule has 0 atom stereocenters. The van der Waals surface area contributed by atoms with Crippen LogP contribution in [-0.4, -0.2) is 13.9 Å². The second-order valence-electron chi connectivity index (χ2n) is 9.34. The summed E-state index contributed by atoms with van der Waals surface area (Å²) in [6, 6.07) is 18.0. The van der Waals surface area contributed by atoms with Gasteiger partial charge in [-0.1, -0.05) is 107 Å². The van der Waals surface area contributed by atoms with E-state index in [9.17, 15) is 21.6 Å². The highest BCUT2D eigenvalue weighted by molar-refractivity contribution is 7.88. The Hall–Kier alpha value is -2.54. The number of unbranched alkanes of at least 4 members (excludes halogenated alkanes) is 9. The van der Waals surface area contributed by atoms with E-state index in [1.54, 1.807) is 12.1 Å². The SMILES string of the molecule is CCCCCCCCCCCCc1ccc2cc(-c3ccc(OS(=O)(=O)C(F)(F)F)cc3)ccc2c1. The van der Waals surface area contributed by atoms with Gasteiger partial charge in [-0.2, -0.15) is 21.6 Å². The summed E-state index contributed by atoms with van der Waals surface area (Å²) in [7, 11) is -5.68. The van der Waals surface area contributed by atoms with Crippen LogP contribution in [0.2, 0.25) is 0 Å². The van der Waals surface area contributed by atoms with E-state index in [0.717, 1.165) is 28.3 Å². The number of hydrogen-bond acceptors (Lipinski definition) is 3. The second kappa shape index (κ2) is 13.1. The van der Waals surface area contributed by atoms with Crippen LogP contribution in [0.4, 0.5) is 13.2 Å². The van der Waals surface area contributed by atoms with Crippen LogP contribution < -0.4 is 4.18 Å². The van der Waals surface area contributed by atoms with Gasteiger partial charge in [0.25, 0.3) is 0 Å². The van der Waals surface area contributed by atoms with Gasteiger partial charge in [-0.25, -0.2) is 0 Å². The molecule has 36 heavy (non-hydrogen) atoms. The van der Waals surface area contributed by atoms with Crippen molar-refractivity contribution in [3.63, 3.8) is 0 Å². The van der Waals surface area contributed by atoms with Gasteiger partial charge in [-0.05, 0) is 58.5 Å². The van der Waals surface area contributed by atoms with Crippen molar-refractivity contribution >= 4 is 20.9 Å². The molecule has 3 aromatic rings. The minimum atomic E-state index is -5.68. The Kier molecular flexibility index (Phi) is 10.2. The number of fused-ring (bicyclic) bond motifs is 1. The van der Waals surface area contributed by atoms with Crippen LogP contribution >= 0.6 is 0 Å². The third kappa shape index (κ3) is 8.26. The number of hydrogen-bond donors (Lipinski definition) is 0. The third-order valence-corrected chi connectivity index (χ3v) is 7.38. The van der Waals surface area contributed by atoms with Gasteiger partial charge >= 0.3 is 15.6 Å². The maximum absolute atomic E-state index is 12.5. The predicted molar refractivity (Wildman–Crippen MR) is 141 cm³/mol. The van der Waals surface area contributed by atoms with Crippen molar-refractivity contribution in [2.75, 3.05) is 0 Å². The van der Waals surface area contributed by atoms with E-state index in [4.69, 9.17) is 0 Å². The number of benzene rings is 3. The first-order valence-electron chi connectivity index (χ1n) is 12.8. The molecule has 0 saturated heterocycles. The van der Waals surface area contributed by atoms with Crippen molar-refractivity contribution < 1.29 is 25.8 Å². The molecular weight excluding hydrogens is 485 g/mol. The predicted octanol–water partition coefficient (Wildman–Crippen LogP) is 9.20. The molecule has 0 saturated carbocycles. The van der Waals surface area contributed by atoms with E-state index in [0.29, 0.717) is 0 Å². The summed E-state index contributed by atoms with van der Waals surface area (Å²) in [6.45, 7) is 2.25. The van der Waals surface area contributed by atoms with E-state index in [1.807, 2.05) is 18.2 Å². The molecule has 0 heterocycles. The molecule has 3 rings (SSSR count). The molecule has 0 unspecified atom stereocenters. The molecule has 0 bridgehead atoms. The summed E-state index contributed by atoms with van der Waals surface area (Å²) < 4.78 is 64.0. The average Bonchev–Trinajstić information content (AvgIpc) is 2.84. The van der Waals surface area contributed by atoms with Gasteiger partial charge in [0.2, 0.25) is 0 Å². The van der Waals surface area contributed by atoms with E-state index in [2.05, 4.69) is 29.3 Å². The Balaban J connectivity index is 1.50. The number of aryl methyl sites for hydroxylation is 1. The van der Waals surface area contributed by atoms with Crippen LogP contribution in [-0.2, 0) is 16.5 Å². The third-order valence-electron chi connectivity index (χ3n) is 6.40. The lowest BCUT2D eigenvalue weighted by molar-refractivity contribution is -0.0500. The minimum absolute atomic E-state index is 0.381. The highest BCUT2D eigenvalue weighted by Gasteiger charge is 2.48. The lowest BCUT2D eigenvalue weighted by atomic mass is 9.98. The lowest BCUT2D eigenvalue weighted by Gasteiger charge is -2.10. The lowest BCUT2D eigenvalue weighted by Crippen LogP contribution is -2.28. The first-order chi connectivity index (χ1) is 17.2. The fourth-order valence-electron chi connectivity index (χ4n) is 4.32. The minimum Gasteiger partial charge on any atom is -0.376 e. The zero-order valence-corrected chi connectivity index (χ0v) is 21.6. The van der Waals surface area contributed by atoms with E-state index >= 15 is 0 Å². The zero-order valence-electron chi connectivity index (χ0n) is 20.8. The van der Waals surface area contributed by atoms with Gasteiger partial charge < -0.3 is 4.18 Å². The standard InChI is InChI=1S/C29H35F3O3S/c1-2-3-4-5-6-7-8-9-10-11-12-23-13-14-27-22-26(16-15-25(27)21-23)24-17-19-28(20-18-24)35-36(33,34)29(30,31)32/h13-22H,2-12H2,1H3. The van der Waals surface area contributed by atoms with Gasteiger partial charge in [-0.3, -0.25) is 0 Å². The van der Waals surface area contributed by atoms with Crippen molar-refractivity contribution in [2.24, 2.45) is 0 Å². The largest absolute Gasteiger partial charge is 0.534 e. The monoisotopic (exact) mass is 520 g/mol. The summed E-state index contributed by atoms with van der Waals surface area (Å²) >= 11 is 0. The molecule has 0 amide bonds. The molecule has 196 valence electrons. The topological polar surface area (TPSA) is 43.4 Å². The van der Waals surface area contributed by atoms with Crippen LogP contribution in [0.3, 0.4) is 0 Å². The summed E-state index contributed by atoms with van der Waals surface area (Å²) in [5.41, 5.74) is -2.50. The Bertz CT molecular complexity index is 1200. The van der Waals surface area contributed by atoms with E-state index < -0.39 is 15.6 Å². The van der Waals surface area contributed by atoms with Crippen LogP contribution in [0.1, 0.15) is 76.7 Å². The highest BCUT2D eigenvalue weighted by Crippen LogP contribution is 2.30. The fraction of sp³-hybridized carbons (Fsp3) is 0.448. The van der Waals surface area contributed by atoms with Crippen molar-refractivity contribution in [1.29, 1.82) is 0 Å². The van der Waals surface area contributed by atoms with Gasteiger partial charge in [0.15, 0.2) is 0 Å². The summed E-state index contributed by atoms with van der Waals surface area (Å²) in [5.74, 6) is -0.381. The maximum atomic E-state index is 12.5. The van der Waals surface area contributed by atoms with Gasteiger partial charge in [0, 0.05) is 0 Å². The average molecular weight is 521 g/mol. The first kappa shape index (κ1) is 28.0. The molecule has 0 aliphatic heterocycles. The molecule has 3 aromatic carbocycles. The van der Waals surface area contributed by atoms with Gasteiger partial charge in [0.05, 0.1) is 0 Å². The molecule has 0 aliphatic rings. The maximum Gasteiger partial charge on any atom is 0.534 e. The van der Waals surface area contributed by atoms with Crippen LogP contribution in [0.5, 0.6) is 5.75 Å². The Morgan fingerprint density at radius 1 is 0.667 bits per heavy atom. The normalized spacial score (nSPS) is 12.2. The zero-order chi connectivity index (χ0) is 26.0. The van der Waals surface area contributed by atoms with Crippen molar-refractivity contribution in [2.45, 2.75) is 83.1 Å². The molecule has 7 heteroatoms. The summed E-state index contributed by atoms with van der Waals surface area (Å²) in [6.07, 6.45) is 14.3. The molecular formula is C29H35F3O3S. The number of rotatable bonds is 14. The number of halogens is 3. The Morgan fingerprint density at radius 3 is 1.81 bits per heavy atom. The molecule has 3 nitrogen and oxygen atoms in total. The van der Waals surface area contributed by atoms with Crippen LogP contribution in [0.25, 0.3) is 21.9 Å². The first-order valence-corrected chi connectivity index (χ1v) is 14.2. The van der Waals surface area contributed by atoms with Crippen molar-refractivity contribution in [1.82, 2.24) is 0 Å². The second-order valence-corrected chi connectivity index (χ2v) is 10.9. The summed E-state index contributed by atoms with van der Waals surface area (Å²) in [5, 5.41) is 2.21. The molecule has 0 fully saturated rings. The van der Waals surface area contributed by atoms with Crippen molar-refractivity contribution in [3.05, 3.63) is 66.2 Å². The number of alkyl halides is 3. The summed E-state index contributed by atoms with van der Waals surface area (Å²) in [4.78, 5) is 0. The van der Waals surface area contributed by atoms with Crippen molar-refractivity contribution in [3.8, 4) is 16.9 Å². The van der Waals surface area contributed by atoms with Gasteiger partial charge in [0.1, 0.15) is 5.75 Å². The van der Waals surface area contributed by atoms with Gasteiger partial charge in [-0.15, -0.1) is 0 Å². The van der Waals surface area contributed by atoms with E-state index in [1.165, 1.54) is 81.9 Å². The van der Waals surface area contributed by atoms with Crippen LogP contribution in [0.15, 0.2) is 60.7 Å². The smallest absolute Gasteiger partial charge is 0.376 e. The highest BCUT2D eigenvalue weighted by atomic mass is 32.2. The molecule has 0 spiro atoms. The van der Waals surface area contributed by atoms with E-state index in [-0.39, 0.29) is 5.75 Å².